The Morgan fingerprint density at radius 3 is 1.70 bits per heavy atom. The van der Waals surface area contributed by atoms with Gasteiger partial charge in [0.05, 0.1) is 0 Å². The van der Waals surface area contributed by atoms with Crippen LogP contribution < -0.4 is 0 Å². The van der Waals surface area contributed by atoms with E-state index in [0.717, 1.165) is 0 Å². The van der Waals surface area contributed by atoms with Gasteiger partial charge in [-0.05, 0) is 36.1 Å². The van der Waals surface area contributed by atoms with Crippen LogP contribution in [0.4, 0.5) is 0 Å². The summed E-state index contributed by atoms with van der Waals surface area (Å²) >= 11 is 0. The minimum absolute atomic E-state index is 0.0303. The van der Waals surface area contributed by atoms with Gasteiger partial charge in [0.25, 0.3) is 20.2 Å². The van der Waals surface area contributed by atoms with E-state index in [1.165, 1.54) is 37.3 Å². The molecule has 0 heterocycles. The summed E-state index contributed by atoms with van der Waals surface area (Å²) in [7, 11) is -9.76. The Hall–Kier alpha value is -3.05. The number of carbonyl (C=O) groups excluding carboxylic acids is 1. The van der Waals surface area contributed by atoms with Crippen LogP contribution in [-0.2, 0) is 20.2 Å². The number of benzene rings is 4. The number of aromatic hydroxyl groups is 1. The van der Waals surface area contributed by atoms with Gasteiger partial charge in [-0.2, -0.15) is 16.8 Å². The highest BCUT2D eigenvalue weighted by atomic mass is 32.2. The van der Waals surface area contributed by atoms with Gasteiger partial charge in [0, 0.05) is 32.5 Å². The Bertz CT molecular complexity index is 1580. The fraction of sp³-hybridized carbons (Fsp3) is 0.0500. The van der Waals surface area contributed by atoms with E-state index in [4.69, 9.17) is 0 Å². The molecule has 4 aromatic carbocycles. The van der Waals surface area contributed by atoms with Crippen LogP contribution in [0.15, 0.2) is 58.3 Å². The van der Waals surface area contributed by atoms with E-state index in [1.807, 2.05) is 0 Å². The van der Waals surface area contributed by atoms with E-state index in [9.17, 15) is 35.8 Å². The maximum Gasteiger partial charge on any atom is 0.295 e. The fourth-order valence-corrected chi connectivity index (χ4v) is 5.26. The lowest BCUT2D eigenvalue weighted by Crippen LogP contribution is -2.07. The molecule has 154 valence electrons. The first-order valence-corrected chi connectivity index (χ1v) is 11.3. The molecular formula is C20H14O8S2. The maximum atomic E-state index is 12.6. The van der Waals surface area contributed by atoms with Gasteiger partial charge in [-0.15, -0.1) is 0 Å². The molecule has 0 spiro atoms. The Labute approximate surface area is 170 Å². The molecule has 0 aliphatic rings. The average molecular weight is 446 g/mol. The highest BCUT2D eigenvalue weighted by Crippen LogP contribution is 2.44. The summed E-state index contributed by atoms with van der Waals surface area (Å²) in [6.07, 6.45) is 0. The molecule has 0 aliphatic heterocycles. The van der Waals surface area contributed by atoms with Crippen molar-refractivity contribution in [1.82, 2.24) is 0 Å². The van der Waals surface area contributed by atoms with Crippen LogP contribution in [0.2, 0.25) is 0 Å². The molecule has 0 unspecified atom stereocenters. The fourth-order valence-electron chi connectivity index (χ4n) is 3.76. The molecule has 0 amide bonds. The van der Waals surface area contributed by atoms with E-state index in [0.29, 0.717) is 11.5 Å². The van der Waals surface area contributed by atoms with Crippen molar-refractivity contribution in [2.45, 2.75) is 16.7 Å². The Balaban J connectivity index is 2.40. The number of phenols is 1. The third-order valence-corrected chi connectivity index (χ3v) is 6.78. The average Bonchev–Trinajstić information content (AvgIpc) is 2.64. The van der Waals surface area contributed by atoms with Crippen molar-refractivity contribution in [3.63, 3.8) is 0 Å². The van der Waals surface area contributed by atoms with E-state index < -0.39 is 35.8 Å². The largest absolute Gasteiger partial charge is 0.507 e. The number of allylic oxidation sites excluding steroid dienone is 1. The molecule has 0 atom stereocenters. The van der Waals surface area contributed by atoms with Crippen molar-refractivity contribution in [3.05, 3.63) is 54.1 Å². The zero-order valence-corrected chi connectivity index (χ0v) is 17.0. The molecule has 8 nitrogen and oxygen atoms in total. The second-order valence-corrected chi connectivity index (χ2v) is 9.73. The summed E-state index contributed by atoms with van der Waals surface area (Å²) < 4.78 is 67.1. The minimum Gasteiger partial charge on any atom is -0.507 e. The summed E-state index contributed by atoms with van der Waals surface area (Å²) in [5, 5.41) is 11.3. The van der Waals surface area contributed by atoms with Crippen molar-refractivity contribution in [2.75, 3.05) is 0 Å². The molecule has 0 bridgehead atoms. The Morgan fingerprint density at radius 2 is 1.23 bits per heavy atom. The van der Waals surface area contributed by atoms with Crippen molar-refractivity contribution >= 4 is 58.3 Å². The molecule has 0 radical (unpaired) electrons. The summed E-state index contributed by atoms with van der Waals surface area (Å²) in [6.45, 7) is 5.10. The SMILES string of the molecule is C=C(C)C(=O)c1cc(O)c2ccc3c(S(=O)(=O)O)cc(S(=O)(=O)O)c4ccc1c2c34. The van der Waals surface area contributed by atoms with Gasteiger partial charge in [0.1, 0.15) is 15.5 Å². The smallest absolute Gasteiger partial charge is 0.295 e. The molecule has 3 N–H and O–H groups in total. The number of hydrogen-bond acceptors (Lipinski definition) is 6. The first kappa shape index (κ1) is 20.2. The van der Waals surface area contributed by atoms with Crippen molar-refractivity contribution in [2.24, 2.45) is 0 Å². The van der Waals surface area contributed by atoms with Crippen molar-refractivity contribution in [1.29, 1.82) is 0 Å². The molecule has 0 aromatic heterocycles. The number of hydrogen-bond donors (Lipinski definition) is 3. The van der Waals surface area contributed by atoms with Gasteiger partial charge >= 0.3 is 0 Å². The van der Waals surface area contributed by atoms with Gasteiger partial charge in [-0.3, -0.25) is 13.9 Å². The number of carbonyl (C=O) groups is 1. The van der Waals surface area contributed by atoms with Crippen LogP contribution in [0.5, 0.6) is 5.75 Å². The van der Waals surface area contributed by atoms with Gasteiger partial charge in [-0.25, -0.2) is 0 Å². The summed E-state index contributed by atoms with van der Waals surface area (Å²) in [5.74, 6) is -0.750. The molecule has 0 aliphatic carbocycles. The number of phenolic OH excluding ortho intramolecular Hbond substituents is 1. The standard InChI is InChI=1S/C20H14O8S2/c1-9(2)20(22)14-7-15(21)11-4-6-13-17(30(26,27)28)8-16(29(23,24)25)12-5-3-10(14)18(11)19(12)13/h3-8,21H,1H2,2H3,(H,23,24,25)(H,26,27,28). The third kappa shape index (κ3) is 2.84. The van der Waals surface area contributed by atoms with E-state index in [1.54, 1.807) is 0 Å². The second kappa shape index (κ2) is 6.22. The molecule has 0 saturated heterocycles. The predicted octanol–water partition coefficient (Wildman–Crippen LogP) is 3.54. The molecule has 4 rings (SSSR count). The third-order valence-electron chi connectivity index (χ3n) is 4.99. The van der Waals surface area contributed by atoms with Crippen LogP contribution in [0, 0.1) is 0 Å². The second-order valence-electron chi connectivity index (χ2n) is 6.95. The van der Waals surface area contributed by atoms with Gasteiger partial charge in [0.15, 0.2) is 5.78 Å². The van der Waals surface area contributed by atoms with Gasteiger partial charge in [0.2, 0.25) is 0 Å². The molecule has 30 heavy (non-hydrogen) atoms. The van der Waals surface area contributed by atoms with E-state index >= 15 is 0 Å². The van der Waals surface area contributed by atoms with Crippen LogP contribution in [0.3, 0.4) is 0 Å². The van der Waals surface area contributed by atoms with Gasteiger partial charge < -0.3 is 5.11 Å². The lowest BCUT2D eigenvalue weighted by molar-refractivity contribution is 0.103. The lowest BCUT2D eigenvalue weighted by atomic mass is 9.89. The predicted molar refractivity (Wildman–Crippen MR) is 111 cm³/mol. The zero-order chi connectivity index (χ0) is 22.2. The summed E-state index contributed by atoms with van der Waals surface area (Å²) in [5.41, 5.74) is 0.286. The molecule has 0 saturated carbocycles. The summed E-state index contributed by atoms with van der Waals surface area (Å²) in [4.78, 5) is 11.2. The minimum atomic E-state index is -4.88. The van der Waals surface area contributed by atoms with Gasteiger partial charge in [-0.1, -0.05) is 24.8 Å². The highest BCUT2D eigenvalue weighted by Gasteiger charge is 2.27. The summed E-state index contributed by atoms with van der Waals surface area (Å²) in [6, 6.07) is 7.41. The molecule has 0 fully saturated rings. The van der Waals surface area contributed by atoms with E-state index in [-0.39, 0.29) is 43.8 Å². The first-order chi connectivity index (χ1) is 13.8. The van der Waals surface area contributed by atoms with Crippen molar-refractivity contribution < 1.29 is 35.8 Å². The van der Waals surface area contributed by atoms with Crippen molar-refractivity contribution in [3.8, 4) is 5.75 Å². The number of Topliss-reactive ketones (excluding diaryl/α,β-unsaturated/α-hetero) is 1. The number of rotatable bonds is 4. The molecule has 10 heteroatoms. The van der Waals surface area contributed by atoms with Crippen LogP contribution >= 0.6 is 0 Å². The monoisotopic (exact) mass is 446 g/mol. The first-order valence-electron chi connectivity index (χ1n) is 8.45. The van der Waals surface area contributed by atoms with Crippen LogP contribution in [0.1, 0.15) is 17.3 Å². The molecule has 4 aromatic rings. The van der Waals surface area contributed by atoms with E-state index in [2.05, 4.69) is 6.58 Å². The lowest BCUT2D eigenvalue weighted by Gasteiger charge is -2.17. The van der Waals surface area contributed by atoms with Crippen LogP contribution in [-0.4, -0.2) is 36.8 Å². The quantitative estimate of drug-likeness (QED) is 0.187. The normalized spacial score (nSPS) is 12.8. The highest BCUT2D eigenvalue weighted by molar-refractivity contribution is 7.87. The molecular weight excluding hydrogens is 432 g/mol. The Morgan fingerprint density at radius 1 is 0.800 bits per heavy atom. The zero-order valence-electron chi connectivity index (χ0n) is 15.4. The van der Waals surface area contributed by atoms with Crippen LogP contribution in [0.25, 0.3) is 32.3 Å². The Kier molecular flexibility index (Phi) is 4.20. The maximum absolute atomic E-state index is 12.6. The topological polar surface area (TPSA) is 146 Å². The number of ketones is 1.